The van der Waals surface area contributed by atoms with Crippen LogP contribution in [-0.2, 0) is 6.42 Å². The van der Waals surface area contributed by atoms with E-state index in [1.54, 1.807) is 11.1 Å². The first-order valence-electron chi connectivity index (χ1n) is 5.06. The Hall–Kier alpha value is -1.04. The summed E-state index contributed by atoms with van der Waals surface area (Å²) in [5, 5.41) is 0. The van der Waals surface area contributed by atoms with Gasteiger partial charge in [-0.3, -0.25) is 0 Å². The van der Waals surface area contributed by atoms with Gasteiger partial charge in [0.1, 0.15) is 0 Å². The van der Waals surface area contributed by atoms with Crippen LogP contribution in [0.1, 0.15) is 42.4 Å². The zero-order valence-corrected chi connectivity index (χ0v) is 8.22. The summed E-state index contributed by atoms with van der Waals surface area (Å²) >= 11 is 0. The van der Waals surface area contributed by atoms with Crippen molar-refractivity contribution in [3.63, 3.8) is 0 Å². The third-order valence-electron chi connectivity index (χ3n) is 3.02. The predicted molar refractivity (Wildman–Crippen MR) is 57.9 cm³/mol. The normalized spacial score (nSPS) is 20.8. The van der Waals surface area contributed by atoms with Crippen LogP contribution in [0.3, 0.4) is 0 Å². The van der Waals surface area contributed by atoms with E-state index in [0.29, 0.717) is 0 Å². The van der Waals surface area contributed by atoms with E-state index in [1.807, 2.05) is 6.08 Å². The molecule has 1 aromatic carbocycles. The van der Waals surface area contributed by atoms with Gasteiger partial charge < -0.3 is 0 Å². The van der Waals surface area contributed by atoms with Gasteiger partial charge in [-0.25, -0.2) is 0 Å². The van der Waals surface area contributed by atoms with Crippen molar-refractivity contribution < 1.29 is 0 Å². The third kappa shape index (κ3) is 1.53. The van der Waals surface area contributed by atoms with Gasteiger partial charge in [0.15, 0.2) is 0 Å². The smallest absolute Gasteiger partial charge is 0.0187 e. The molecule has 0 radical (unpaired) electrons. The summed E-state index contributed by atoms with van der Waals surface area (Å²) in [5.41, 5.74) is 4.35. The maximum atomic E-state index is 3.80. The Labute approximate surface area is 80.3 Å². The largest absolute Gasteiger partial charge is 0.0985 e. The Morgan fingerprint density at radius 1 is 1.46 bits per heavy atom. The van der Waals surface area contributed by atoms with E-state index in [1.165, 1.54) is 24.8 Å². The van der Waals surface area contributed by atoms with Crippen LogP contribution in [0.25, 0.3) is 6.08 Å². The highest BCUT2D eigenvalue weighted by molar-refractivity contribution is 5.51. The summed E-state index contributed by atoms with van der Waals surface area (Å²) < 4.78 is 0. The van der Waals surface area contributed by atoms with E-state index in [-0.39, 0.29) is 0 Å². The van der Waals surface area contributed by atoms with Gasteiger partial charge in [-0.05, 0) is 41.9 Å². The quantitative estimate of drug-likeness (QED) is 0.605. The van der Waals surface area contributed by atoms with Gasteiger partial charge in [0, 0.05) is 0 Å². The molecule has 13 heavy (non-hydrogen) atoms. The highest BCUT2D eigenvalue weighted by Crippen LogP contribution is 2.31. The van der Waals surface area contributed by atoms with Gasteiger partial charge >= 0.3 is 0 Å². The monoisotopic (exact) mass is 172 g/mol. The molecular formula is C13H16. The molecule has 0 aromatic heterocycles. The summed E-state index contributed by atoms with van der Waals surface area (Å²) in [5.74, 6) is 0.739. The predicted octanol–water partition coefficient (Wildman–Crippen LogP) is 3.77. The molecule has 0 spiro atoms. The van der Waals surface area contributed by atoms with Gasteiger partial charge in [-0.1, -0.05) is 37.8 Å². The fraction of sp³-hybridized carbons (Fsp3) is 0.385. The molecule has 0 saturated carbocycles. The maximum absolute atomic E-state index is 3.80. The minimum absolute atomic E-state index is 0.739. The SMILES string of the molecule is C=Cc1ccc2c(c1)C(C)CCC2. The molecule has 0 saturated heterocycles. The minimum atomic E-state index is 0.739. The second kappa shape index (κ2) is 3.37. The molecule has 0 heteroatoms. The van der Waals surface area contributed by atoms with E-state index < -0.39 is 0 Å². The highest BCUT2D eigenvalue weighted by atomic mass is 14.2. The Kier molecular flexibility index (Phi) is 2.22. The van der Waals surface area contributed by atoms with Crippen LogP contribution in [0.15, 0.2) is 24.8 Å². The number of benzene rings is 1. The highest BCUT2D eigenvalue weighted by Gasteiger charge is 2.15. The fourth-order valence-electron chi connectivity index (χ4n) is 2.18. The van der Waals surface area contributed by atoms with Crippen LogP contribution in [0.5, 0.6) is 0 Å². The standard InChI is InChI=1S/C13H16/c1-3-11-7-8-12-6-4-5-10(2)13(12)9-11/h3,7-10H,1,4-6H2,2H3. The molecule has 0 heterocycles. The first-order chi connectivity index (χ1) is 6.31. The van der Waals surface area contributed by atoms with E-state index >= 15 is 0 Å². The van der Waals surface area contributed by atoms with Gasteiger partial charge in [-0.2, -0.15) is 0 Å². The van der Waals surface area contributed by atoms with E-state index in [4.69, 9.17) is 0 Å². The number of hydrogen-bond donors (Lipinski definition) is 0. The second-order valence-corrected chi connectivity index (χ2v) is 3.96. The Morgan fingerprint density at radius 2 is 2.31 bits per heavy atom. The number of aryl methyl sites for hydroxylation is 1. The first kappa shape index (κ1) is 8.55. The summed E-state index contributed by atoms with van der Waals surface area (Å²) in [4.78, 5) is 0. The lowest BCUT2D eigenvalue weighted by Crippen LogP contribution is -2.06. The Morgan fingerprint density at radius 3 is 3.08 bits per heavy atom. The Bertz CT molecular complexity index is 323. The molecule has 1 aliphatic rings. The molecule has 68 valence electrons. The van der Waals surface area contributed by atoms with Crippen molar-refractivity contribution in [1.29, 1.82) is 0 Å². The molecule has 0 aliphatic heterocycles. The van der Waals surface area contributed by atoms with E-state index in [2.05, 4.69) is 31.7 Å². The summed E-state index contributed by atoms with van der Waals surface area (Å²) in [6.45, 7) is 6.13. The summed E-state index contributed by atoms with van der Waals surface area (Å²) in [6.07, 6.45) is 5.88. The lowest BCUT2D eigenvalue weighted by Gasteiger charge is -2.22. The Balaban J connectivity index is 2.46. The second-order valence-electron chi connectivity index (χ2n) is 3.96. The lowest BCUT2D eigenvalue weighted by atomic mass is 9.83. The lowest BCUT2D eigenvalue weighted by molar-refractivity contribution is 0.590. The summed E-state index contributed by atoms with van der Waals surface area (Å²) in [6, 6.07) is 6.73. The van der Waals surface area contributed by atoms with E-state index in [0.717, 1.165) is 5.92 Å². The average molecular weight is 172 g/mol. The molecule has 0 nitrogen and oxygen atoms in total. The molecule has 1 aromatic rings. The van der Waals surface area contributed by atoms with Crippen LogP contribution in [-0.4, -0.2) is 0 Å². The molecule has 2 rings (SSSR count). The first-order valence-corrected chi connectivity index (χ1v) is 5.06. The maximum Gasteiger partial charge on any atom is -0.0187 e. The fourth-order valence-corrected chi connectivity index (χ4v) is 2.18. The molecule has 0 bridgehead atoms. The molecule has 1 aliphatic carbocycles. The zero-order chi connectivity index (χ0) is 9.26. The average Bonchev–Trinajstić information content (AvgIpc) is 2.18. The molecule has 0 amide bonds. The third-order valence-corrected chi connectivity index (χ3v) is 3.02. The van der Waals surface area contributed by atoms with Crippen LogP contribution in [0, 0.1) is 0 Å². The van der Waals surface area contributed by atoms with Crippen LogP contribution < -0.4 is 0 Å². The van der Waals surface area contributed by atoms with Crippen molar-refractivity contribution in [3.8, 4) is 0 Å². The molecule has 1 unspecified atom stereocenters. The molecule has 0 fully saturated rings. The molecule has 1 atom stereocenters. The van der Waals surface area contributed by atoms with Crippen molar-refractivity contribution in [2.45, 2.75) is 32.1 Å². The van der Waals surface area contributed by atoms with Crippen molar-refractivity contribution in [2.24, 2.45) is 0 Å². The van der Waals surface area contributed by atoms with Crippen molar-refractivity contribution in [3.05, 3.63) is 41.5 Å². The molecular weight excluding hydrogens is 156 g/mol. The van der Waals surface area contributed by atoms with Gasteiger partial charge in [0.05, 0.1) is 0 Å². The van der Waals surface area contributed by atoms with Crippen LogP contribution in [0.4, 0.5) is 0 Å². The van der Waals surface area contributed by atoms with Gasteiger partial charge in [0.25, 0.3) is 0 Å². The van der Waals surface area contributed by atoms with Crippen molar-refractivity contribution >= 4 is 6.08 Å². The van der Waals surface area contributed by atoms with Crippen molar-refractivity contribution in [2.75, 3.05) is 0 Å². The number of rotatable bonds is 1. The number of hydrogen-bond acceptors (Lipinski definition) is 0. The summed E-state index contributed by atoms with van der Waals surface area (Å²) in [7, 11) is 0. The van der Waals surface area contributed by atoms with Crippen LogP contribution in [0.2, 0.25) is 0 Å². The van der Waals surface area contributed by atoms with Crippen LogP contribution >= 0.6 is 0 Å². The topological polar surface area (TPSA) is 0 Å². The van der Waals surface area contributed by atoms with Gasteiger partial charge in [-0.15, -0.1) is 0 Å². The van der Waals surface area contributed by atoms with E-state index in [9.17, 15) is 0 Å². The van der Waals surface area contributed by atoms with Gasteiger partial charge in [0.2, 0.25) is 0 Å². The zero-order valence-electron chi connectivity index (χ0n) is 8.22. The van der Waals surface area contributed by atoms with Crippen molar-refractivity contribution in [1.82, 2.24) is 0 Å². The number of fused-ring (bicyclic) bond motifs is 1. The minimum Gasteiger partial charge on any atom is -0.0985 e. The molecule has 0 N–H and O–H groups in total.